The Labute approximate surface area is 138 Å². The van der Waals surface area contributed by atoms with E-state index in [-0.39, 0.29) is 13.2 Å². The van der Waals surface area contributed by atoms with Crippen molar-refractivity contribution in [3.05, 3.63) is 12.2 Å². The predicted octanol–water partition coefficient (Wildman–Crippen LogP) is 3.88. The number of rotatable bonds is 13. The first-order valence-corrected chi connectivity index (χ1v) is 9.06. The summed E-state index contributed by atoms with van der Waals surface area (Å²) in [5, 5.41) is 18.3. The normalized spacial score (nSPS) is 16.9. The molecule has 4 N–H and O–H groups in total. The van der Waals surface area contributed by atoms with Crippen LogP contribution in [0.1, 0.15) is 72.6 Å². The number of aliphatic hydroxyl groups excluding tert-OH is 2. The molecule has 0 aliphatic carbocycles. The summed E-state index contributed by atoms with van der Waals surface area (Å²) in [4.78, 5) is 0. The van der Waals surface area contributed by atoms with Crippen LogP contribution in [0.15, 0.2) is 12.2 Å². The highest BCUT2D eigenvalue weighted by atomic mass is 16.3. The van der Waals surface area contributed by atoms with Gasteiger partial charge in [-0.1, -0.05) is 78.4 Å². The molecule has 0 bridgehead atoms. The molecule has 0 rings (SSSR count). The molecule has 3 nitrogen and oxygen atoms in total. The van der Waals surface area contributed by atoms with E-state index in [4.69, 9.17) is 15.9 Å². The van der Waals surface area contributed by atoms with Gasteiger partial charge in [0.2, 0.25) is 0 Å². The van der Waals surface area contributed by atoms with E-state index >= 15 is 0 Å². The van der Waals surface area contributed by atoms with Crippen LogP contribution >= 0.6 is 0 Å². The molecule has 0 saturated carbocycles. The minimum Gasteiger partial charge on any atom is -0.394 e. The zero-order chi connectivity index (χ0) is 17.0. The van der Waals surface area contributed by atoms with Crippen LogP contribution in [-0.2, 0) is 0 Å². The molecule has 3 heteroatoms. The fourth-order valence-electron chi connectivity index (χ4n) is 2.56. The lowest BCUT2D eigenvalue weighted by atomic mass is 9.92. The van der Waals surface area contributed by atoms with Gasteiger partial charge >= 0.3 is 0 Å². The van der Waals surface area contributed by atoms with E-state index < -0.39 is 5.54 Å². The van der Waals surface area contributed by atoms with Crippen LogP contribution in [0, 0.1) is 17.8 Å². The SMILES string of the molecule is CCC(C)CCCC(C)CCCC(C)C=CC(N)(CO)CO. The summed E-state index contributed by atoms with van der Waals surface area (Å²) in [5.41, 5.74) is 4.85. The number of hydrogen-bond acceptors (Lipinski definition) is 3. The van der Waals surface area contributed by atoms with Crippen molar-refractivity contribution >= 4 is 0 Å². The zero-order valence-electron chi connectivity index (χ0n) is 15.2. The van der Waals surface area contributed by atoms with Crippen LogP contribution in [0.2, 0.25) is 0 Å². The van der Waals surface area contributed by atoms with Crippen LogP contribution in [0.4, 0.5) is 0 Å². The average Bonchev–Trinajstić information content (AvgIpc) is 2.52. The molecule has 0 amide bonds. The molecule has 0 aliphatic rings. The van der Waals surface area contributed by atoms with Crippen LogP contribution in [0.25, 0.3) is 0 Å². The lowest BCUT2D eigenvalue weighted by Crippen LogP contribution is -2.45. The highest BCUT2D eigenvalue weighted by molar-refractivity contribution is 5.05. The zero-order valence-corrected chi connectivity index (χ0v) is 15.2. The number of hydrogen-bond donors (Lipinski definition) is 3. The fourth-order valence-corrected chi connectivity index (χ4v) is 2.56. The molecule has 0 aromatic carbocycles. The number of allylic oxidation sites excluding steroid dienone is 1. The van der Waals surface area contributed by atoms with E-state index in [1.54, 1.807) is 6.08 Å². The van der Waals surface area contributed by atoms with Crippen LogP contribution in [-0.4, -0.2) is 29.0 Å². The maximum atomic E-state index is 9.15. The van der Waals surface area contributed by atoms with Crippen LogP contribution in [0.5, 0.6) is 0 Å². The van der Waals surface area contributed by atoms with Gasteiger partial charge < -0.3 is 15.9 Å². The topological polar surface area (TPSA) is 66.5 Å². The van der Waals surface area contributed by atoms with Gasteiger partial charge in [0.25, 0.3) is 0 Å². The first kappa shape index (κ1) is 21.6. The minimum atomic E-state index is -0.975. The molecule has 3 atom stereocenters. The minimum absolute atomic E-state index is 0.222. The highest BCUT2D eigenvalue weighted by Gasteiger charge is 2.18. The van der Waals surface area contributed by atoms with Crippen molar-refractivity contribution in [3.63, 3.8) is 0 Å². The summed E-state index contributed by atoms with van der Waals surface area (Å²) in [6.07, 6.45) is 12.8. The summed E-state index contributed by atoms with van der Waals surface area (Å²) in [6, 6.07) is 0. The average molecular weight is 314 g/mol. The third-order valence-corrected chi connectivity index (χ3v) is 4.79. The first-order chi connectivity index (χ1) is 10.4. The van der Waals surface area contributed by atoms with E-state index in [1.807, 2.05) is 6.08 Å². The second-order valence-electron chi connectivity index (χ2n) is 7.37. The Morgan fingerprint density at radius 1 is 0.909 bits per heavy atom. The summed E-state index contributed by atoms with van der Waals surface area (Å²) in [6.45, 7) is 8.69. The second kappa shape index (κ2) is 12.1. The quantitative estimate of drug-likeness (QED) is 0.452. The van der Waals surface area contributed by atoms with E-state index in [9.17, 15) is 0 Å². The van der Waals surface area contributed by atoms with Crippen molar-refractivity contribution in [3.8, 4) is 0 Å². The van der Waals surface area contributed by atoms with Gasteiger partial charge in [0.05, 0.1) is 18.8 Å². The molecule has 0 aliphatic heterocycles. The third kappa shape index (κ3) is 10.4. The molecule has 0 heterocycles. The van der Waals surface area contributed by atoms with Crippen molar-refractivity contribution in [2.75, 3.05) is 13.2 Å². The van der Waals surface area contributed by atoms with Gasteiger partial charge in [-0.3, -0.25) is 0 Å². The molecular formula is C19H39NO2. The molecule has 0 spiro atoms. The standard InChI is InChI=1S/C19H39NO2/c1-5-16(2)8-6-9-17(3)10-7-11-18(4)12-13-19(20,14-21)15-22/h12-13,16-18,21-22H,5-11,14-15,20H2,1-4H3. The lowest BCUT2D eigenvalue weighted by Gasteiger charge is -2.20. The Bertz CT molecular complexity index is 287. The predicted molar refractivity (Wildman–Crippen MR) is 95.7 cm³/mol. The van der Waals surface area contributed by atoms with Crippen molar-refractivity contribution in [2.24, 2.45) is 23.5 Å². The molecule has 22 heavy (non-hydrogen) atoms. The largest absolute Gasteiger partial charge is 0.394 e. The Kier molecular flexibility index (Phi) is 11.9. The maximum Gasteiger partial charge on any atom is 0.0808 e. The molecule has 0 fully saturated rings. The van der Waals surface area contributed by atoms with Crippen molar-refractivity contribution in [2.45, 2.75) is 78.2 Å². The molecule has 3 unspecified atom stereocenters. The van der Waals surface area contributed by atoms with Gasteiger partial charge in [0.1, 0.15) is 0 Å². The molecule has 0 saturated heterocycles. The van der Waals surface area contributed by atoms with Crippen LogP contribution < -0.4 is 5.73 Å². The van der Waals surface area contributed by atoms with Crippen molar-refractivity contribution in [1.82, 2.24) is 0 Å². The number of nitrogens with two attached hydrogens (primary N) is 1. The monoisotopic (exact) mass is 313 g/mol. The lowest BCUT2D eigenvalue weighted by molar-refractivity contribution is 0.151. The Morgan fingerprint density at radius 3 is 1.91 bits per heavy atom. The number of aliphatic hydroxyl groups is 2. The van der Waals surface area contributed by atoms with E-state index in [1.165, 1.54) is 38.5 Å². The summed E-state index contributed by atoms with van der Waals surface area (Å²) >= 11 is 0. The van der Waals surface area contributed by atoms with Gasteiger partial charge in [-0.05, 0) is 24.2 Å². The Balaban J connectivity index is 3.83. The van der Waals surface area contributed by atoms with Crippen molar-refractivity contribution < 1.29 is 10.2 Å². The summed E-state index contributed by atoms with van der Waals surface area (Å²) in [5.74, 6) is 2.11. The van der Waals surface area contributed by atoms with E-state index in [2.05, 4.69) is 27.7 Å². The highest BCUT2D eigenvalue weighted by Crippen LogP contribution is 2.20. The van der Waals surface area contributed by atoms with Crippen LogP contribution in [0.3, 0.4) is 0 Å². The fraction of sp³-hybridized carbons (Fsp3) is 0.895. The van der Waals surface area contributed by atoms with Gasteiger partial charge in [0.15, 0.2) is 0 Å². The molecule has 0 aromatic rings. The second-order valence-corrected chi connectivity index (χ2v) is 7.37. The van der Waals surface area contributed by atoms with Gasteiger partial charge in [0, 0.05) is 0 Å². The smallest absolute Gasteiger partial charge is 0.0808 e. The van der Waals surface area contributed by atoms with Gasteiger partial charge in [-0.25, -0.2) is 0 Å². The van der Waals surface area contributed by atoms with Crippen molar-refractivity contribution in [1.29, 1.82) is 0 Å². The summed E-state index contributed by atoms with van der Waals surface area (Å²) < 4.78 is 0. The molecule has 0 aromatic heterocycles. The third-order valence-electron chi connectivity index (χ3n) is 4.79. The van der Waals surface area contributed by atoms with E-state index in [0.717, 1.165) is 18.3 Å². The Hall–Kier alpha value is -0.380. The van der Waals surface area contributed by atoms with E-state index in [0.29, 0.717) is 5.92 Å². The molecule has 0 radical (unpaired) electrons. The summed E-state index contributed by atoms with van der Waals surface area (Å²) in [7, 11) is 0. The Morgan fingerprint density at radius 2 is 1.41 bits per heavy atom. The first-order valence-electron chi connectivity index (χ1n) is 9.06. The molecule has 132 valence electrons. The molecular weight excluding hydrogens is 274 g/mol. The van der Waals surface area contributed by atoms with Gasteiger partial charge in [-0.2, -0.15) is 0 Å². The van der Waals surface area contributed by atoms with Gasteiger partial charge in [-0.15, -0.1) is 0 Å². The maximum absolute atomic E-state index is 9.15.